The van der Waals surface area contributed by atoms with Crippen molar-refractivity contribution < 1.29 is 9.30 Å². The summed E-state index contributed by atoms with van der Waals surface area (Å²) >= 11 is 0. The van der Waals surface area contributed by atoms with Gasteiger partial charge in [-0.3, -0.25) is 0 Å². The maximum atomic E-state index is 8.38. The van der Waals surface area contributed by atoms with Crippen LogP contribution < -0.4 is 4.57 Å². The van der Waals surface area contributed by atoms with Crippen molar-refractivity contribution in [2.75, 3.05) is 7.11 Å². The van der Waals surface area contributed by atoms with Crippen LogP contribution in [0.5, 0.6) is 0 Å². The summed E-state index contributed by atoms with van der Waals surface area (Å²) in [4.78, 5) is 3.06. The average Bonchev–Trinajstić information content (AvgIpc) is 2.50. The number of hydrogen-bond donors (Lipinski definition) is 1. The molecule has 0 fully saturated rings. The van der Waals surface area contributed by atoms with E-state index in [2.05, 4.69) is 11.1 Å². The Labute approximate surface area is 71.4 Å². The van der Waals surface area contributed by atoms with E-state index in [9.17, 15) is 0 Å². The molecule has 0 spiro atoms. The Morgan fingerprint density at radius 1 is 1.75 bits per heavy atom. The van der Waals surface area contributed by atoms with Crippen LogP contribution in [0.1, 0.15) is 12.2 Å². The molecule has 0 aliphatic rings. The fourth-order valence-corrected chi connectivity index (χ4v) is 1.05. The molecule has 0 amide bonds. The molecule has 1 aromatic heterocycles. The molecule has 1 rings (SSSR count). The Kier molecular flexibility index (Phi) is 3.30. The van der Waals surface area contributed by atoms with Gasteiger partial charge in [-0.2, -0.15) is 5.26 Å². The van der Waals surface area contributed by atoms with Gasteiger partial charge in [0.15, 0.2) is 6.73 Å². The Bertz CT molecular complexity index is 274. The summed E-state index contributed by atoms with van der Waals surface area (Å²) in [5, 5.41) is 8.38. The summed E-state index contributed by atoms with van der Waals surface area (Å²) in [6.07, 6.45) is 5.01. The van der Waals surface area contributed by atoms with Gasteiger partial charge in [0.2, 0.25) is 0 Å². The first kappa shape index (κ1) is 8.75. The molecule has 0 aliphatic carbocycles. The normalized spacial score (nSPS) is 9.67. The molecule has 0 saturated heterocycles. The molecular weight excluding hydrogens is 154 g/mol. The van der Waals surface area contributed by atoms with Crippen molar-refractivity contribution in [2.24, 2.45) is 0 Å². The van der Waals surface area contributed by atoms with Crippen molar-refractivity contribution >= 4 is 0 Å². The van der Waals surface area contributed by atoms with E-state index in [1.807, 2.05) is 17.0 Å². The molecule has 12 heavy (non-hydrogen) atoms. The Morgan fingerprint density at radius 3 is 3.25 bits per heavy atom. The molecule has 0 aliphatic heterocycles. The molecule has 1 heterocycles. The van der Waals surface area contributed by atoms with E-state index >= 15 is 0 Å². The van der Waals surface area contributed by atoms with Gasteiger partial charge in [0, 0.05) is 13.5 Å². The van der Waals surface area contributed by atoms with E-state index in [1.54, 1.807) is 7.11 Å². The minimum Gasteiger partial charge on any atom is -0.345 e. The summed E-state index contributed by atoms with van der Waals surface area (Å²) in [7, 11) is 1.65. The summed E-state index contributed by atoms with van der Waals surface area (Å²) < 4.78 is 6.91. The van der Waals surface area contributed by atoms with Crippen LogP contribution in [-0.4, -0.2) is 12.1 Å². The third kappa shape index (κ3) is 2.07. The third-order valence-corrected chi connectivity index (χ3v) is 1.59. The van der Waals surface area contributed by atoms with Crippen molar-refractivity contribution in [3.05, 3.63) is 18.2 Å². The highest BCUT2D eigenvalue weighted by Gasteiger charge is 2.08. The number of nitrogens with zero attached hydrogens (tertiary/aromatic N) is 2. The number of ether oxygens (including phenoxy) is 1. The molecule has 0 radical (unpaired) electrons. The summed E-state index contributed by atoms with van der Waals surface area (Å²) in [6, 6.07) is 2.10. The van der Waals surface area contributed by atoms with Gasteiger partial charge in [0.05, 0.1) is 12.5 Å². The highest BCUT2D eigenvalue weighted by molar-refractivity contribution is 4.82. The average molecular weight is 166 g/mol. The number of rotatable bonds is 4. The highest BCUT2D eigenvalue weighted by atomic mass is 16.5. The first-order valence-corrected chi connectivity index (χ1v) is 3.80. The number of imidazole rings is 1. The Morgan fingerprint density at radius 2 is 2.58 bits per heavy atom. The molecule has 0 saturated carbocycles. The molecule has 1 N–H and O–H groups in total. The molecule has 1 aromatic rings. The quantitative estimate of drug-likeness (QED) is 0.657. The van der Waals surface area contributed by atoms with Crippen LogP contribution in [-0.2, 0) is 17.9 Å². The van der Waals surface area contributed by atoms with Crippen molar-refractivity contribution in [1.29, 1.82) is 5.26 Å². The van der Waals surface area contributed by atoms with Gasteiger partial charge in [-0.25, -0.2) is 9.55 Å². The van der Waals surface area contributed by atoms with E-state index in [1.165, 1.54) is 0 Å². The van der Waals surface area contributed by atoms with Gasteiger partial charge in [0.25, 0.3) is 5.82 Å². The number of H-pyrrole nitrogens is 1. The first-order chi connectivity index (χ1) is 5.88. The lowest BCUT2D eigenvalue weighted by atomic mass is 10.3. The second kappa shape index (κ2) is 4.52. The summed E-state index contributed by atoms with van der Waals surface area (Å²) in [6.45, 7) is 0.532. The minimum atomic E-state index is 0.532. The Hall–Kier alpha value is -1.34. The monoisotopic (exact) mass is 166 g/mol. The summed E-state index contributed by atoms with van der Waals surface area (Å²) in [5.74, 6) is 1.03. The van der Waals surface area contributed by atoms with Gasteiger partial charge in [-0.15, -0.1) is 0 Å². The topological polar surface area (TPSA) is 52.7 Å². The predicted octanol–water partition coefficient (Wildman–Crippen LogP) is 0.362. The molecular formula is C8H12N3O+. The second-order valence-electron chi connectivity index (χ2n) is 2.45. The summed E-state index contributed by atoms with van der Waals surface area (Å²) in [5.41, 5.74) is 0. The van der Waals surface area contributed by atoms with Gasteiger partial charge in [0.1, 0.15) is 12.4 Å². The van der Waals surface area contributed by atoms with Crippen LogP contribution in [0.4, 0.5) is 0 Å². The van der Waals surface area contributed by atoms with Crippen molar-refractivity contribution in [3.8, 4) is 6.07 Å². The van der Waals surface area contributed by atoms with Crippen LogP contribution >= 0.6 is 0 Å². The van der Waals surface area contributed by atoms with Crippen LogP contribution in [0.2, 0.25) is 0 Å². The minimum absolute atomic E-state index is 0.532. The molecule has 0 aromatic carbocycles. The van der Waals surface area contributed by atoms with E-state index in [-0.39, 0.29) is 0 Å². The Balaban J connectivity index is 2.58. The molecule has 64 valence electrons. The second-order valence-corrected chi connectivity index (χ2v) is 2.45. The largest absolute Gasteiger partial charge is 0.345 e. The van der Waals surface area contributed by atoms with Crippen molar-refractivity contribution in [2.45, 2.75) is 19.6 Å². The standard InChI is InChI=1S/C8H11N3O/c1-12-7-11-6-5-10-8(11)3-2-4-9/h5-6H,2-3,7H2,1H3/p+1. The highest BCUT2D eigenvalue weighted by Crippen LogP contribution is 1.91. The van der Waals surface area contributed by atoms with Crippen LogP contribution in [0.3, 0.4) is 0 Å². The van der Waals surface area contributed by atoms with Crippen LogP contribution in [0.15, 0.2) is 12.4 Å². The lowest BCUT2D eigenvalue weighted by Gasteiger charge is -1.95. The maximum absolute atomic E-state index is 8.38. The lowest BCUT2D eigenvalue weighted by molar-refractivity contribution is -0.736. The fourth-order valence-electron chi connectivity index (χ4n) is 1.05. The zero-order chi connectivity index (χ0) is 8.81. The van der Waals surface area contributed by atoms with E-state index in [0.29, 0.717) is 13.2 Å². The number of nitrogens with one attached hydrogen (secondary N) is 1. The van der Waals surface area contributed by atoms with Crippen molar-refractivity contribution in [3.63, 3.8) is 0 Å². The van der Waals surface area contributed by atoms with Crippen LogP contribution in [0, 0.1) is 11.3 Å². The van der Waals surface area contributed by atoms with E-state index in [4.69, 9.17) is 10.00 Å². The number of aryl methyl sites for hydroxylation is 1. The fraction of sp³-hybridized carbons (Fsp3) is 0.500. The SMILES string of the molecule is COC[n+]1cc[nH]c1CCC#N. The molecule has 4 heteroatoms. The number of aromatic nitrogens is 2. The first-order valence-electron chi connectivity index (χ1n) is 3.80. The van der Waals surface area contributed by atoms with Gasteiger partial charge in [-0.1, -0.05) is 0 Å². The third-order valence-electron chi connectivity index (χ3n) is 1.59. The van der Waals surface area contributed by atoms with Gasteiger partial charge >= 0.3 is 0 Å². The van der Waals surface area contributed by atoms with Gasteiger partial charge in [-0.05, 0) is 0 Å². The van der Waals surface area contributed by atoms with Gasteiger partial charge < -0.3 is 4.74 Å². The van der Waals surface area contributed by atoms with E-state index in [0.717, 1.165) is 12.2 Å². The number of methoxy groups -OCH3 is 1. The molecule has 0 atom stereocenters. The smallest absolute Gasteiger partial charge is 0.257 e. The predicted molar refractivity (Wildman–Crippen MR) is 41.9 cm³/mol. The zero-order valence-corrected chi connectivity index (χ0v) is 7.08. The van der Waals surface area contributed by atoms with E-state index < -0.39 is 0 Å². The number of nitriles is 1. The molecule has 0 bridgehead atoms. The number of aromatic amines is 1. The maximum Gasteiger partial charge on any atom is 0.257 e. The molecule has 4 nitrogen and oxygen atoms in total. The number of hydrogen-bond acceptors (Lipinski definition) is 2. The molecule has 0 unspecified atom stereocenters. The lowest BCUT2D eigenvalue weighted by Crippen LogP contribution is -2.36. The van der Waals surface area contributed by atoms with Crippen molar-refractivity contribution in [1.82, 2.24) is 4.98 Å². The zero-order valence-electron chi connectivity index (χ0n) is 7.08. The van der Waals surface area contributed by atoms with Crippen LogP contribution in [0.25, 0.3) is 0 Å².